The second kappa shape index (κ2) is 15.6. The molecular formula is C36H45Cl2F6N6+. The highest BCUT2D eigenvalue weighted by Crippen LogP contribution is 2.47. The van der Waals surface area contributed by atoms with Crippen LogP contribution in [0, 0.1) is 0 Å². The second-order valence-electron chi connectivity index (χ2n) is 12.7. The molecule has 1 fully saturated rings. The standard InChI is InChI=1S/C36H45Cl2F6N6/c1-5-9-13-49-29-21-25(35(39,40)41)27(37)23-31(29)47(7-3)33(49)11-15-45-17-19-46(20-18-45)16-12-34-48(8-4)32-24-28(38)26(36(42,43)44)22-30(32)50(34)14-10-6-2/h11-12,15-16,21-24,33H,5-10,13-14,17-20H2,1-4H3/q+1/b15-11+. The van der Waals surface area contributed by atoms with Gasteiger partial charge in [-0.2, -0.15) is 26.3 Å². The van der Waals surface area contributed by atoms with Crippen molar-refractivity contribution >= 4 is 51.7 Å². The van der Waals surface area contributed by atoms with E-state index in [9.17, 15) is 26.3 Å². The highest BCUT2D eigenvalue weighted by molar-refractivity contribution is 6.32. The van der Waals surface area contributed by atoms with Gasteiger partial charge in [-0.25, -0.2) is 9.13 Å². The Hall–Kier alpha value is -3.25. The summed E-state index contributed by atoms with van der Waals surface area (Å²) >= 11 is 12.3. The fraction of sp³-hybridized carbons (Fsp3) is 0.528. The normalized spacial score (nSPS) is 17.4. The van der Waals surface area contributed by atoms with Crippen molar-refractivity contribution in [3.8, 4) is 0 Å². The number of aromatic nitrogens is 2. The van der Waals surface area contributed by atoms with Crippen molar-refractivity contribution in [1.29, 1.82) is 0 Å². The van der Waals surface area contributed by atoms with Crippen LogP contribution in [0.1, 0.15) is 70.3 Å². The van der Waals surface area contributed by atoms with E-state index in [1.165, 1.54) is 18.2 Å². The number of piperazine rings is 1. The Labute approximate surface area is 300 Å². The van der Waals surface area contributed by atoms with Gasteiger partial charge in [0.2, 0.25) is 0 Å². The van der Waals surface area contributed by atoms with E-state index >= 15 is 0 Å². The molecule has 274 valence electrons. The highest BCUT2D eigenvalue weighted by Gasteiger charge is 2.40. The largest absolute Gasteiger partial charge is 0.418 e. The number of fused-ring (bicyclic) bond motifs is 2. The van der Waals surface area contributed by atoms with Crippen LogP contribution in [-0.2, 0) is 25.4 Å². The third-order valence-corrected chi connectivity index (χ3v) is 10.2. The van der Waals surface area contributed by atoms with Gasteiger partial charge in [-0.3, -0.25) is 0 Å². The summed E-state index contributed by atoms with van der Waals surface area (Å²) in [5, 5.41) is -0.615. The molecule has 2 aromatic carbocycles. The Bertz CT molecular complexity index is 1710. The number of rotatable bonds is 12. The number of hydrogen-bond acceptors (Lipinski definition) is 4. The lowest BCUT2D eigenvalue weighted by molar-refractivity contribution is -0.674. The minimum absolute atomic E-state index is 0.250. The molecule has 1 saturated heterocycles. The van der Waals surface area contributed by atoms with Gasteiger partial charge in [-0.1, -0.05) is 49.9 Å². The van der Waals surface area contributed by atoms with Crippen LogP contribution in [0.5, 0.6) is 0 Å². The molecule has 5 rings (SSSR count). The second-order valence-corrected chi connectivity index (χ2v) is 13.5. The lowest BCUT2D eigenvalue weighted by Gasteiger charge is -2.35. The van der Waals surface area contributed by atoms with Gasteiger partial charge in [0.1, 0.15) is 6.17 Å². The number of alkyl halides is 6. The average molecular weight is 747 g/mol. The smallest absolute Gasteiger partial charge is 0.374 e. The van der Waals surface area contributed by atoms with Crippen LogP contribution >= 0.6 is 23.2 Å². The number of unbranched alkanes of at least 4 members (excludes halogenated alkanes) is 2. The lowest BCUT2D eigenvalue weighted by atomic mass is 10.1. The van der Waals surface area contributed by atoms with Crippen LogP contribution < -0.4 is 14.4 Å². The van der Waals surface area contributed by atoms with E-state index in [2.05, 4.69) is 27.7 Å². The van der Waals surface area contributed by atoms with Crippen LogP contribution in [-0.4, -0.2) is 59.8 Å². The van der Waals surface area contributed by atoms with E-state index in [1.54, 1.807) is 0 Å². The summed E-state index contributed by atoms with van der Waals surface area (Å²) < 4.78 is 86.6. The predicted molar refractivity (Wildman–Crippen MR) is 190 cm³/mol. The van der Waals surface area contributed by atoms with Crippen molar-refractivity contribution in [1.82, 2.24) is 14.4 Å². The van der Waals surface area contributed by atoms with E-state index in [1.807, 2.05) is 53.3 Å². The van der Waals surface area contributed by atoms with Gasteiger partial charge >= 0.3 is 12.4 Å². The van der Waals surface area contributed by atoms with E-state index in [-0.39, 0.29) is 16.2 Å². The first-order valence-electron chi connectivity index (χ1n) is 17.3. The molecule has 0 spiro atoms. The Kier molecular flexibility index (Phi) is 11.8. The summed E-state index contributed by atoms with van der Waals surface area (Å²) in [7, 11) is 0. The van der Waals surface area contributed by atoms with E-state index in [0.717, 1.165) is 63.8 Å². The molecule has 14 heteroatoms. The maximum atomic E-state index is 13.8. The van der Waals surface area contributed by atoms with Crippen molar-refractivity contribution in [2.75, 3.05) is 49.1 Å². The summed E-state index contributed by atoms with van der Waals surface area (Å²) in [6.07, 6.45) is 2.19. The van der Waals surface area contributed by atoms with Gasteiger partial charge in [0.15, 0.2) is 11.0 Å². The van der Waals surface area contributed by atoms with Crippen LogP contribution in [0.15, 0.2) is 42.7 Å². The average Bonchev–Trinajstić information content (AvgIpc) is 3.52. The zero-order valence-electron chi connectivity index (χ0n) is 28.9. The molecule has 3 aromatic rings. The maximum absolute atomic E-state index is 13.8. The number of anilines is 2. The van der Waals surface area contributed by atoms with Crippen molar-refractivity contribution in [3.05, 3.63) is 69.7 Å². The first kappa shape index (κ1) is 38.0. The molecule has 0 saturated carbocycles. The van der Waals surface area contributed by atoms with Crippen molar-refractivity contribution < 1.29 is 30.9 Å². The Morgan fingerprint density at radius 2 is 1.32 bits per heavy atom. The SMILES string of the molecule is CCCCN1c2cc(C(F)(F)F)c(Cl)cc2N(CC)C1/C=C/N1CCN(/C=C/c2n(CC)c3cc(Cl)c(C(F)(F)F)cc3[n+]2CCCC)CC1. The quantitative estimate of drug-likeness (QED) is 0.136. The molecule has 0 amide bonds. The molecule has 2 aliphatic rings. The van der Waals surface area contributed by atoms with Gasteiger partial charge in [-0.15, -0.1) is 0 Å². The fourth-order valence-electron chi connectivity index (χ4n) is 6.89. The highest BCUT2D eigenvalue weighted by atomic mass is 35.5. The van der Waals surface area contributed by atoms with E-state index in [4.69, 9.17) is 23.2 Å². The van der Waals surface area contributed by atoms with Crippen molar-refractivity contribution in [2.24, 2.45) is 0 Å². The zero-order chi connectivity index (χ0) is 36.4. The Morgan fingerprint density at radius 1 is 0.740 bits per heavy atom. The van der Waals surface area contributed by atoms with Crippen LogP contribution in [0.25, 0.3) is 17.1 Å². The summed E-state index contributed by atoms with van der Waals surface area (Å²) in [6.45, 7) is 13.3. The molecule has 1 aromatic heterocycles. The molecule has 1 atom stereocenters. The van der Waals surface area contributed by atoms with Gasteiger partial charge in [0.05, 0.1) is 45.6 Å². The van der Waals surface area contributed by atoms with Crippen molar-refractivity contribution in [2.45, 2.75) is 85.0 Å². The lowest BCUT2D eigenvalue weighted by Crippen LogP contribution is -2.44. The number of benzene rings is 2. The molecule has 2 aliphatic heterocycles. The third-order valence-electron chi connectivity index (χ3n) is 9.53. The Balaban J connectivity index is 1.34. The van der Waals surface area contributed by atoms with Gasteiger partial charge < -0.3 is 19.6 Å². The summed E-state index contributed by atoms with van der Waals surface area (Å²) in [6, 6.07) is 5.21. The molecule has 0 N–H and O–H groups in total. The monoisotopic (exact) mass is 745 g/mol. The first-order chi connectivity index (χ1) is 23.7. The minimum Gasteiger partial charge on any atom is -0.374 e. The number of likely N-dealkylation sites (N-methyl/N-ethyl adjacent to an activating group) is 1. The zero-order valence-corrected chi connectivity index (χ0v) is 30.4. The summed E-state index contributed by atoms with van der Waals surface area (Å²) in [5.74, 6) is 0.815. The molecule has 0 bridgehead atoms. The Morgan fingerprint density at radius 3 is 1.90 bits per heavy atom. The molecule has 6 nitrogen and oxygen atoms in total. The van der Waals surface area contributed by atoms with E-state index in [0.29, 0.717) is 48.6 Å². The van der Waals surface area contributed by atoms with Gasteiger partial charge in [-0.05, 0) is 51.1 Å². The molecular weight excluding hydrogens is 701 g/mol. The number of halogens is 8. The molecule has 1 unspecified atom stereocenters. The number of imidazole rings is 1. The predicted octanol–water partition coefficient (Wildman–Crippen LogP) is 9.67. The number of hydrogen-bond donors (Lipinski definition) is 0. The van der Waals surface area contributed by atoms with Crippen LogP contribution in [0.3, 0.4) is 0 Å². The topological polar surface area (TPSA) is 21.8 Å². The minimum atomic E-state index is -4.55. The maximum Gasteiger partial charge on any atom is 0.418 e. The van der Waals surface area contributed by atoms with Crippen LogP contribution in [0.2, 0.25) is 10.0 Å². The first-order valence-corrected chi connectivity index (χ1v) is 18.1. The van der Waals surface area contributed by atoms with Crippen LogP contribution in [0.4, 0.5) is 37.7 Å². The number of aryl methyl sites for hydroxylation is 2. The summed E-state index contributed by atoms with van der Waals surface area (Å²) in [4.78, 5) is 8.52. The van der Waals surface area contributed by atoms with E-state index < -0.39 is 23.5 Å². The summed E-state index contributed by atoms with van der Waals surface area (Å²) in [5.41, 5.74) is 0.747. The molecule has 0 aliphatic carbocycles. The molecule has 3 heterocycles. The number of nitrogens with zero attached hydrogens (tertiary/aromatic N) is 6. The van der Waals surface area contributed by atoms with Gasteiger partial charge in [0.25, 0.3) is 5.82 Å². The molecule has 0 radical (unpaired) electrons. The fourth-order valence-corrected chi connectivity index (χ4v) is 7.42. The van der Waals surface area contributed by atoms with Crippen molar-refractivity contribution in [3.63, 3.8) is 0 Å². The van der Waals surface area contributed by atoms with Gasteiger partial charge in [0, 0.05) is 63.7 Å². The molecule has 50 heavy (non-hydrogen) atoms. The third kappa shape index (κ3) is 7.81.